The van der Waals surface area contributed by atoms with E-state index in [9.17, 15) is 10.1 Å². The third-order valence-electron chi connectivity index (χ3n) is 3.52. The Morgan fingerprint density at radius 2 is 1.48 bits per heavy atom. The molecule has 0 amide bonds. The van der Waals surface area contributed by atoms with Crippen LogP contribution in [0.4, 0.5) is 11.4 Å². The molecular formula is C17H28N2O2. The summed E-state index contributed by atoms with van der Waals surface area (Å²) in [7, 11) is 0. The average molecular weight is 292 g/mol. The molecule has 0 atom stereocenters. The highest BCUT2D eigenvalue weighted by Gasteiger charge is 2.35. The number of nitrogens with zero attached hydrogens (tertiary/aromatic N) is 2. The summed E-state index contributed by atoms with van der Waals surface area (Å²) >= 11 is 0. The highest BCUT2D eigenvalue weighted by Crippen LogP contribution is 2.39. The van der Waals surface area contributed by atoms with E-state index in [2.05, 4.69) is 0 Å². The van der Waals surface area contributed by atoms with Crippen molar-refractivity contribution >= 4 is 11.4 Å². The predicted molar refractivity (Wildman–Crippen MR) is 89.3 cm³/mol. The van der Waals surface area contributed by atoms with Gasteiger partial charge in [0.05, 0.1) is 0 Å². The fourth-order valence-corrected chi connectivity index (χ4v) is 2.46. The van der Waals surface area contributed by atoms with E-state index in [1.807, 2.05) is 68.4 Å². The lowest BCUT2D eigenvalue weighted by atomic mass is 9.97. The minimum Gasteiger partial charge on any atom is -0.758 e. The summed E-state index contributed by atoms with van der Waals surface area (Å²) in [6, 6.07) is 1.92. The smallest absolute Gasteiger partial charge is 0.264 e. The van der Waals surface area contributed by atoms with Crippen LogP contribution >= 0.6 is 0 Å². The maximum atomic E-state index is 12.6. The van der Waals surface area contributed by atoms with E-state index in [1.54, 1.807) is 0 Å². The number of anilines is 1. The van der Waals surface area contributed by atoms with E-state index in [1.165, 1.54) is 0 Å². The first kappa shape index (κ1) is 17.6. The maximum Gasteiger partial charge on any atom is 0.264 e. The predicted octanol–water partition coefficient (Wildman–Crippen LogP) is 4.92. The van der Waals surface area contributed by atoms with Crippen molar-refractivity contribution in [1.82, 2.24) is 0 Å². The Hall–Kier alpha value is -1.42. The van der Waals surface area contributed by atoms with Crippen molar-refractivity contribution < 1.29 is 4.76 Å². The highest BCUT2D eigenvalue weighted by molar-refractivity contribution is 5.69. The molecule has 0 aliphatic heterocycles. The molecule has 0 saturated carbocycles. The van der Waals surface area contributed by atoms with Gasteiger partial charge in [-0.2, -0.15) is 0 Å². The van der Waals surface area contributed by atoms with Crippen molar-refractivity contribution in [3.63, 3.8) is 0 Å². The number of rotatable bonds is 2. The first-order chi connectivity index (χ1) is 9.28. The van der Waals surface area contributed by atoms with Crippen molar-refractivity contribution in [3.8, 4) is 0 Å². The summed E-state index contributed by atoms with van der Waals surface area (Å²) in [5.41, 5.74) is 2.68. The van der Waals surface area contributed by atoms with Gasteiger partial charge in [-0.05, 0) is 53.2 Å². The minimum absolute atomic E-state index is 0.544. The zero-order valence-electron chi connectivity index (χ0n) is 14.8. The number of hydrogen-bond donors (Lipinski definition) is 0. The first-order valence-corrected chi connectivity index (χ1v) is 7.34. The second-order valence-corrected chi connectivity index (χ2v) is 7.76. The van der Waals surface area contributed by atoms with Crippen molar-refractivity contribution in [3.05, 3.63) is 32.9 Å². The molecule has 1 rings (SSSR count). The normalized spacial score (nSPS) is 12.5. The van der Waals surface area contributed by atoms with Crippen molar-refractivity contribution in [1.29, 1.82) is 0 Å². The summed E-state index contributed by atoms with van der Waals surface area (Å²) < 4.78 is 1.01. The number of hydrogen-bond acceptors (Lipinski definition) is 3. The Bertz CT molecular complexity index is 564. The van der Waals surface area contributed by atoms with Crippen LogP contribution in [0.1, 0.15) is 58.2 Å². The number of aryl methyl sites for hydroxylation is 2. The van der Waals surface area contributed by atoms with Gasteiger partial charge in [0.2, 0.25) is 5.54 Å². The van der Waals surface area contributed by atoms with Crippen molar-refractivity contribution in [2.45, 2.75) is 73.4 Å². The molecule has 4 heteroatoms. The zero-order chi connectivity index (χ0) is 16.7. The van der Waals surface area contributed by atoms with E-state index < -0.39 is 11.1 Å². The van der Waals surface area contributed by atoms with E-state index in [0.717, 1.165) is 26.5 Å². The molecule has 0 radical (unpaired) electrons. The molecule has 0 heterocycles. The summed E-state index contributed by atoms with van der Waals surface area (Å²) in [4.78, 5) is 12.6. The van der Waals surface area contributed by atoms with Crippen LogP contribution in [0.2, 0.25) is 0 Å². The molecule has 0 aromatic heterocycles. The van der Waals surface area contributed by atoms with Gasteiger partial charge < -0.3 is 10.3 Å². The van der Waals surface area contributed by atoms with E-state index in [-0.39, 0.29) is 0 Å². The van der Waals surface area contributed by atoms with Crippen LogP contribution in [0.3, 0.4) is 0 Å². The maximum absolute atomic E-state index is 12.6. The molecule has 0 saturated heterocycles. The van der Waals surface area contributed by atoms with Gasteiger partial charge in [-0.3, -0.25) is 0 Å². The van der Waals surface area contributed by atoms with Gasteiger partial charge in [-0.15, -0.1) is 0 Å². The van der Waals surface area contributed by atoms with Gasteiger partial charge in [0.25, 0.3) is 5.69 Å². The fraction of sp³-hybridized carbons (Fsp3) is 0.647. The molecule has 0 aliphatic rings. The molecule has 0 N–H and O–H groups in total. The van der Waals surface area contributed by atoms with Gasteiger partial charge >= 0.3 is 0 Å². The van der Waals surface area contributed by atoms with Crippen LogP contribution in [-0.4, -0.2) is 15.8 Å². The molecule has 0 fully saturated rings. The van der Waals surface area contributed by atoms with E-state index in [0.29, 0.717) is 11.4 Å². The molecule has 1 aromatic carbocycles. The van der Waals surface area contributed by atoms with Gasteiger partial charge in [-0.25, -0.2) is 0 Å². The number of hydroxylamine groups is 1. The lowest BCUT2D eigenvalue weighted by Crippen LogP contribution is -2.38. The monoisotopic (exact) mass is 292 g/mol. The van der Waals surface area contributed by atoms with E-state index in [4.69, 9.17) is 0 Å². The molecule has 118 valence electrons. The lowest BCUT2D eigenvalue weighted by molar-refractivity contribution is -0.540. The topological polar surface area (TPSA) is 46.4 Å². The Balaban J connectivity index is 3.61. The van der Waals surface area contributed by atoms with Crippen LogP contribution in [0.5, 0.6) is 0 Å². The molecule has 0 unspecified atom stereocenters. The third-order valence-corrected chi connectivity index (χ3v) is 3.52. The zero-order valence-corrected chi connectivity index (χ0v) is 14.8. The Morgan fingerprint density at radius 3 is 1.86 bits per heavy atom. The van der Waals surface area contributed by atoms with E-state index >= 15 is 0 Å². The van der Waals surface area contributed by atoms with Crippen LogP contribution in [0.15, 0.2) is 6.07 Å². The van der Waals surface area contributed by atoms with Gasteiger partial charge in [-0.1, -0.05) is 0 Å². The first-order valence-electron chi connectivity index (χ1n) is 7.34. The SMILES string of the molecule is Cc1cc(C)c([N+](=O)C(C)(C)C)c(C)c1N([O-])C(C)(C)C. The average Bonchev–Trinajstić information content (AvgIpc) is 2.25. The molecule has 0 bridgehead atoms. The van der Waals surface area contributed by atoms with Crippen molar-refractivity contribution in [2.24, 2.45) is 0 Å². The standard InChI is InChI=1S/C17H28N2O2/c1-11-10-12(2)15(19(21)17(7,8)9)13(3)14(11)18(20)16(4,5)6/h10H,1-9H3. The van der Waals surface area contributed by atoms with Gasteiger partial charge in [0.15, 0.2) is 0 Å². The lowest BCUT2D eigenvalue weighted by Gasteiger charge is -2.45. The summed E-state index contributed by atoms with van der Waals surface area (Å²) in [6.45, 7) is 16.9. The largest absolute Gasteiger partial charge is 0.758 e. The van der Waals surface area contributed by atoms with Crippen LogP contribution in [-0.2, 0) is 0 Å². The summed E-state index contributed by atoms with van der Waals surface area (Å²) in [5.74, 6) is 0. The highest BCUT2D eigenvalue weighted by atomic mass is 16.5. The molecule has 1 aromatic rings. The fourth-order valence-electron chi connectivity index (χ4n) is 2.46. The second-order valence-electron chi connectivity index (χ2n) is 7.76. The van der Waals surface area contributed by atoms with Crippen LogP contribution in [0, 0.1) is 30.9 Å². The van der Waals surface area contributed by atoms with Gasteiger partial charge in [0, 0.05) is 52.8 Å². The summed E-state index contributed by atoms with van der Waals surface area (Å²) in [5, 5.41) is 13.7. The van der Waals surface area contributed by atoms with Gasteiger partial charge in [0.1, 0.15) is 0 Å². The quantitative estimate of drug-likeness (QED) is 0.574. The van der Waals surface area contributed by atoms with Crippen LogP contribution < -0.4 is 5.06 Å². The third kappa shape index (κ3) is 3.43. The number of benzene rings is 1. The Labute approximate surface area is 128 Å². The molecule has 0 aliphatic carbocycles. The molecule has 0 spiro atoms. The Kier molecular flexibility index (Phi) is 4.54. The minimum atomic E-state index is -0.544. The van der Waals surface area contributed by atoms with Crippen molar-refractivity contribution in [2.75, 3.05) is 5.06 Å². The summed E-state index contributed by atoms with van der Waals surface area (Å²) in [6.07, 6.45) is 0. The molecular weight excluding hydrogens is 264 g/mol. The second kappa shape index (κ2) is 5.41. The Morgan fingerprint density at radius 1 is 1.00 bits per heavy atom. The molecule has 4 nitrogen and oxygen atoms in total. The van der Waals surface area contributed by atoms with Crippen LogP contribution in [0.25, 0.3) is 0 Å². The molecule has 21 heavy (non-hydrogen) atoms. The number of nitroso groups, excluding NO2 is 1.